The minimum absolute atomic E-state index is 0.0835. The highest BCUT2D eigenvalue weighted by Crippen LogP contribution is 2.46. The Morgan fingerprint density at radius 2 is 2.15 bits per heavy atom. The predicted molar refractivity (Wildman–Crippen MR) is 95.3 cm³/mol. The number of amides is 1. The van der Waals surface area contributed by atoms with Crippen molar-refractivity contribution in [3.63, 3.8) is 0 Å². The molecule has 132 valence electrons. The molecule has 2 heterocycles. The van der Waals surface area contributed by atoms with Crippen LogP contribution in [-0.4, -0.2) is 37.7 Å². The molecule has 1 aliphatic rings. The van der Waals surface area contributed by atoms with Gasteiger partial charge in [-0.05, 0) is 25.5 Å². The molecule has 0 spiro atoms. The number of nitrogens with zero attached hydrogens (tertiary/aromatic N) is 3. The molecule has 1 fully saturated rings. The fourth-order valence-corrected chi connectivity index (χ4v) is 3.09. The minimum atomic E-state index is -0.554. The Labute approximate surface area is 150 Å². The molecule has 1 aromatic carbocycles. The number of H-pyrrole nitrogens is 1. The Hall–Kier alpha value is -3.09. The lowest BCUT2D eigenvalue weighted by Crippen LogP contribution is -2.40. The highest BCUT2D eigenvalue weighted by Gasteiger charge is 2.46. The number of para-hydroxylation sites is 2. The topological polar surface area (TPSA) is 101 Å². The first kappa shape index (κ1) is 16.4. The van der Waals surface area contributed by atoms with E-state index in [-0.39, 0.29) is 29.9 Å². The van der Waals surface area contributed by atoms with Crippen LogP contribution in [0.2, 0.25) is 0 Å². The number of benzene rings is 1. The Balaban J connectivity index is 1.34. The summed E-state index contributed by atoms with van der Waals surface area (Å²) in [5, 5.41) is 2.82. The lowest BCUT2D eigenvalue weighted by Gasteiger charge is -2.12. The number of aromatic amines is 1. The summed E-state index contributed by atoms with van der Waals surface area (Å²) in [7, 11) is 0. The van der Waals surface area contributed by atoms with Gasteiger partial charge in [0.25, 0.3) is 0 Å². The van der Waals surface area contributed by atoms with E-state index in [1.807, 2.05) is 24.3 Å². The van der Waals surface area contributed by atoms with Crippen LogP contribution in [0.5, 0.6) is 0 Å². The third kappa shape index (κ3) is 3.33. The van der Waals surface area contributed by atoms with Gasteiger partial charge in [0.2, 0.25) is 5.91 Å². The van der Waals surface area contributed by atoms with Crippen LogP contribution in [-0.2, 0) is 16.0 Å². The summed E-state index contributed by atoms with van der Waals surface area (Å²) in [5.74, 6) is 0.604. The molecule has 1 aliphatic carbocycles. The standard InChI is InChI=1S/C19H19N5O2/c1-11(17(25)8-12-10-20-6-7-21-12)22-19(26)14-9-13(14)18-23-15-4-2-3-5-16(15)24-18/h2-7,10-11,13-14H,8-9H2,1H3,(H,22,26)(H,23,24). The second kappa shape index (κ2) is 6.67. The number of hydrogen-bond donors (Lipinski definition) is 2. The van der Waals surface area contributed by atoms with E-state index >= 15 is 0 Å². The Bertz CT molecular complexity index is 920. The number of fused-ring (bicyclic) bond motifs is 1. The maximum Gasteiger partial charge on any atom is 0.224 e. The summed E-state index contributed by atoms with van der Waals surface area (Å²) in [6, 6.07) is 7.25. The van der Waals surface area contributed by atoms with Gasteiger partial charge in [-0.2, -0.15) is 0 Å². The molecule has 0 aliphatic heterocycles. The smallest absolute Gasteiger partial charge is 0.224 e. The average molecular weight is 349 g/mol. The van der Waals surface area contributed by atoms with Gasteiger partial charge in [0.05, 0.1) is 29.2 Å². The molecular weight excluding hydrogens is 330 g/mol. The average Bonchev–Trinajstić information content (AvgIpc) is 3.34. The number of imidazole rings is 1. The van der Waals surface area contributed by atoms with Crippen molar-refractivity contribution < 1.29 is 9.59 Å². The van der Waals surface area contributed by atoms with Gasteiger partial charge in [-0.3, -0.25) is 19.6 Å². The molecule has 1 amide bonds. The highest BCUT2D eigenvalue weighted by molar-refractivity contribution is 5.91. The molecular formula is C19H19N5O2. The summed E-state index contributed by atoms with van der Waals surface area (Å²) in [6.45, 7) is 1.70. The SMILES string of the molecule is CC(NC(=O)C1CC1c1nc2ccccc2[nH]1)C(=O)Cc1cnccn1. The first-order valence-electron chi connectivity index (χ1n) is 8.64. The van der Waals surface area contributed by atoms with Gasteiger partial charge in [0.1, 0.15) is 5.82 Å². The van der Waals surface area contributed by atoms with Gasteiger partial charge in [-0.15, -0.1) is 0 Å². The second-order valence-electron chi connectivity index (χ2n) is 6.66. The monoisotopic (exact) mass is 349 g/mol. The molecule has 4 rings (SSSR count). The van der Waals surface area contributed by atoms with Crippen LogP contribution in [0.15, 0.2) is 42.9 Å². The van der Waals surface area contributed by atoms with Crippen LogP contribution in [0, 0.1) is 5.92 Å². The van der Waals surface area contributed by atoms with E-state index in [2.05, 4.69) is 25.3 Å². The van der Waals surface area contributed by atoms with Crippen LogP contribution >= 0.6 is 0 Å². The normalized spacial score (nSPS) is 19.9. The second-order valence-corrected chi connectivity index (χ2v) is 6.66. The zero-order valence-corrected chi connectivity index (χ0v) is 14.3. The number of rotatable bonds is 6. The lowest BCUT2D eigenvalue weighted by molar-refractivity contribution is -0.128. The van der Waals surface area contributed by atoms with E-state index in [0.717, 1.165) is 23.3 Å². The Morgan fingerprint density at radius 3 is 2.92 bits per heavy atom. The van der Waals surface area contributed by atoms with Crippen molar-refractivity contribution in [2.75, 3.05) is 0 Å². The third-order valence-electron chi connectivity index (χ3n) is 4.70. The van der Waals surface area contributed by atoms with Crippen LogP contribution < -0.4 is 5.32 Å². The van der Waals surface area contributed by atoms with Gasteiger partial charge in [-0.1, -0.05) is 12.1 Å². The molecule has 7 heteroatoms. The van der Waals surface area contributed by atoms with Crippen LogP contribution in [0.4, 0.5) is 0 Å². The number of hydrogen-bond acceptors (Lipinski definition) is 5. The van der Waals surface area contributed by atoms with Crippen LogP contribution in [0.25, 0.3) is 11.0 Å². The lowest BCUT2D eigenvalue weighted by atomic mass is 10.1. The molecule has 0 radical (unpaired) electrons. The molecule has 2 aromatic heterocycles. The van der Waals surface area contributed by atoms with Crippen molar-refractivity contribution in [2.24, 2.45) is 5.92 Å². The molecule has 3 aromatic rings. The molecule has 1 saturated carbocycles. The maximum absolute atomic E-state index is 12.4. The summed E-state index contributed by atoms with van der Waals surface area (Å²) >= 11 is 0. The zero-order valence-electron chi connectivity index (χ0n) is 14.3. The van der Waals surface area contributed by atoms with Crippen molar-refractivity contribution in [2.45, 2.75) is 31.7 Å². The predicted octanol–water partition coefficient (Wildman–Crippen LogP) is 1.77. The van der Waals surface area contributed by atoms with Crippen molar-refractivity contribution in [3.05, 3.63) is 54.4 Å². The van der Waals surface area contributed by atoms with Gasteiger partial charge < -0.3 is 10.3 Å². The molecule has 3 atom stereocenters. The summed E-state index contributed by atoms with van der Waals surface area (Å²) in [6.07, 6.45) is 5.58. The van der Waals surface area contributed by atoms with E-state index in [0.29, 0.717) is 5.69 Å². The van der Waals surface area contributed by atoms with Crippen LogP contribution in [0.1, 0.15) is 30.8 Å². The number of carbonyl (C=O) groups excluding carboxylic acids is 2. The number of aromatic nitrogens is 4. The molecule has 2 N–H and O–H groups in total. The van der Waals surface area contributed by atoms with Crippen molar-refractivity contribution in [1.82, 2.24) is 25.3 Å². The van der Waals surface area contributed by atoms with Gasteiger partial charge in [0.15, 0.2) is 5.78 Å². The maximum atomic E-state index is 12.4. The molecule has 0 saturated heterocycles. The Morgan fingerprint density at radius 1 is 1.31 bits per heavy atom. The largest absolute Gasteiger partial charge is 0.346 e. The first-order chi connectivity index (χ1) is 12.6. The van der Waals surface area contributed by atoms with Crippen molar-refractivity contribution in [3.8, 4) is 0 Å². The highest BCUT2D eigenvalue weighted by atomic mass is 16.2. The first-order valence-corrected chi connectivity index (χ1v) is 8.64. The number of nitrogens with one attached hydrogen (secondary N) is 2. The van der Waals surface area contributed by atoms with Crippen molar-refractivity contribution >= 4 is 22.7 Å². The fraction of sp³-hybridized carbons (Fsp3) is 0.316. The molecule has 0 bridgehead atoms. The quantitative estimate of drug-likeness (QED) is 0.706. The third-order valence-corrected chi connectivity index (χ3v) is 4.70. The summed E-state index contributed by atoms with van der Waals surface area (Å²) < 4.78 is 0. The fourth-order valence-electron chi connectivity index (χ4n) is 3.09. The summed E-state index contributed by atoms with van der Waals surface area (Å²) in [5.41, 5.74) is 2.48. The van der Waals surface area contributed by atoms with Crippen molar-refractivity contribution in [1.29, 1.82) is 0 Å². The molecule has 7 nitrogen and oxygen atoms in total. The van der Waals surface area contributed by atoms with Crippen LogP contribution in [0.3, 0.4) is 0 Å². The van der Waals surface area contributed by atoms with Gasteiger partial charge in [0, 0.05) is 30.4 Å². The number of Topliss-reactive ketones (excluding diaryl/α,β-unsaturated/α-hetero) is 1. The minimum Gasteiger partial charge on any atom is -0.346 e. The van der Waals surface area contributed by atoms with E-state index in [1.165, 1.54) is 0 Å². The van der Waals surface area contributed by atoms with E-state index in [4.69, 9.17) is 0 Å². The summed E-state index contributed by atoms with van der Waals surface area (Å²) in [4.78, 5) is 40.6. The molecule has 26 heavy (non-hydrogen) atoms. The van der Waals surface area contributed by atoms with E-state index < -0.39 is 6.04 Å². The van der Waals surface area contributed by atoms with E-state index in [1.54, 1.807) is 25.5 Å². The van der Waals surface area contributed by atoms with E-state index in [9.17, 15) is 9.59 Å². The Kier molecular flexibility index (Phi) is 4.20. The zero-order chi connectivity index (χ0) is 18.1. The molecule has 3 unspecified atom stereocenters. The number of carbonyl (C=O) groups is 2. The van der Waals surface area contributed by atoms with Gasteiger partial charge >= 0.3 is 0 Å². The number of ketones is 1. The van der Waals surface area contributed by atoms with Gasteiger partial charge in [-0.25, -0.2) is 4.98 Å².